The minimum Gasteiger partial charge on any atom is -0.356 e. The van der Waals surface area contributed by atoms with Crippen molar-refractivity contribution in [3.05, 3.63) is 69.8 Å². The molecule has 0 saturated carbocycles. The molecule has 1 amide bonds. The second-order valence-corrected chi connectivity index (χ2v) is 8.87. The minimum atomic E-state index is -0.385. The third-order valence-corrected chi connectivity index (χ3v) is 6.58. The average molecular weight is 435 g/mol. The number of hydrogen-bond donors (Lipinski definition) is 0. The fourth-order valence-corrected chi connectivity index (χ4v) is 5.12. The van der Waals surface area contributed by atoms with Crippen LogP contribution < -0.4 is 10.5 Å². The highest BCUT2D eigenvalue weighted by Crippen LogP contribution is 2.41. The van der Waals surface area contributed by atoms with Crippen molar-refractivity contribution in [2.75, 3.05) is 11.5 Å². The lowest BCUT2D eigenvalue weighted by atomic mass is 10.1. The van der Waals surface area contributed by atoms with Gasteiger partial charge in [-0.25, -0.2) is 4.98 Å². The van der Waals surface area contributed by atoms with E-state index in [0.717, 1.165) is 30.4 Å². The molecule has 8 heteroatoms. The SMILES string of the molecule is Cc1cc(C)cc(N2C(=O)c3cccnc3Sc3c2cnn(C2CCCCO2)c3=O)c1. The molecule has 2 aliphatic heterocycles. The third kappa shape index (κ3) is 3.55. The van der Waals surface area contributed by atoms with Crippen molar-refractivity contribution in [2.24, 2.45) is 0 Å². The molecule has 5 rings (SSSR count). The van der Waals surface area contributed by atoms with E-state index < -0.39 is 0 Å². The van der Waals surface area contributed by atoms with E-state index in [2.05, 4.69) is 10.1 Å². The number of benzene rings is 1. The largest absolute Gasteiger partial charge is 0.356 e. The third-order valence-electron chi connectivity index (χ3n) is 5.48. The molecule has 0 aliphatic carbocycles. The number of amides is 1. The summed E-state index contributed by atoms with van der Waals surface area (Å²) in [5.41, 5.74) is 3.43. The van der Waals surface area contributed by atoms with Crippen LogP contribution in [0.1, 0.15) is 47.0 Å². The molecule has 1 atom stereocenters. The van der Waals surface area contributed by atoms with Crippen molar-refractivity contribution in [2.45, 2.75) is 49.3 Å². The number of carbonyl (C=O) groups is 1. The van der Waals surface area contributed by atoms with Crippen LogP contribution >= 0.6 is 11.8 Å². The Labute approximate surface area is 184 Å². The summed E-state index contributed by atoms with van der Waals surface area (Å²) in [6.45, 7) is 4.59. The van der Waals surface area contributed by atoms with Crippen LogP contribution in [0.25, 0.3) is 0 Å². The van der Waals surface area contributed by atoms with Gasteiger partial charge in [-0.2, -0.15) is 9.78 Å². The summed E-state index contributed by atoms with van der Waals surface area (Å²) in [4.78, 5) is 33.6. The maximum Gasteiger partial charge on any atom is 0.285 e. The zero-order valence-corrected chi connectivity index (χ0v) is 18.2. The number of carbonyl (C=O) groups excluding carboxylic acids is 1. The minimum absolute atomic E-state index is 0.229. The predicted molar refractivity (Wildman–Crippen MR) is 118 cm³/mol. The number of nitrogens with zero attached hydrogens (tertiary/aromatic N) is 4. The molecule has 2 aliphatic rings. The average Bonchev–Trinajstić information content (AvgIpc) is 2.89. The normalized spacial score (nSPS) is 18.3. The Morgan fingerprint density at radius 1 is 1.13 bits per heavy atom. The fourth-order valence-electron chi connectivity index (χ4n) is 4.12. The first-order chi connectivity index (χ1) is 15.0. The molecule has 1 aromatic carbocycles. The number of aromatic nitrogens is 3. The Morgan fingerprint density at radius 2 is 1.94 bits per heavy atom. The van der Waals surface area contributed by atoms with Crippen LogP contribution in [0.5, 0.6) is 0 Å². The molecule has 1 unspecified atom stereocenters. The van der Waals surface area contributed by atoms with Gasteiger partial charge >= 0.3 is 0 Å². The Hall–Kier alpha value is -2.97. The van der Waals surface area contributed by atoms with Crippen molar-refractivity contribution >= 4 is 29.0 Å². The van der Waals surface area contributed by atoms with Crippen molar-refractivity contribution in [3.63, 3.8) is 0 Å². The highest BCUT2D eigenvalue weighted by Gasteiger charge is 2.33. The van der Waals surface area contributed by atoms with Crippen molar-refractivity contribution in [3.8, 4) is 0 Å². The highest BCUT2D eigenvalue weighted by molar-refractivity contribution is 7.99. The maximum atomic E-state index is 13.6. The van der Waals surface area contributed by atoms with Gasteiger partial charge in [-0.3, -0.25) is 14.5 Å². The van der Waals surface area contributed by atoms with Crippen LogP contribution in [0, 0.1) is 13.8 Å². The van der Waals surface area contributed by atoms with E-state index >= 15 is 0 Å². The molecular formula is C23H22N4O3S. The first kappa shape index (κ1) is 20.0. The summed E-state index contributed by atoms with van der Waals surface area (Å²) < 4.78 is 7.20. The van der Waals surface area contributed by atoms with E-state index in [1.807, 2.05) is 32.0 Å². The molecule has 1 saturated heterocycles. The topological polar surface area (TPSA) is 77.3 Å². The summed E-state index contributed by atoms with van der Waals surface area (Å²) in [6, 6.07) is 9.41. The fraction of sp³-hybridized carbons (Fsp3) is 0.304. The Morgan fingerprint density at radius 3 is 2.68 bits per heavy atom. The van der Waals surface area contributed by atoms with E-state index in [1.165, 1.54) is 16.4 Å². The van der Waals surface area contributed by atoms with Gasteiger partial charge < -0.3 is 4.74 Å². The number of anilines is 2. The lowest BCUT2D eigenvalue weighted by molar-refractivity contribution is -0.0429. The predicted octanol–water partition coefficient (Wildman–Crippen LogP) is 4.40. The van der Waals surface area contributed by atoms with Gasteiger partial charge in [0.05, 0.1) is 17.4 Å². The molecule has 0 spiro atoms. The standard InChI is InChI=1S/C23H22N4O3S/c1-14-10-15(2)12-16(11-14)26-18-13-25-27(19-7-3-4-9-30-19)23(29)20(18)31-21-17(22(26)28)6-5-8-24-21/h5-6,8,10-13,19H,3-4,7,9H2,1-2H3. The Kier molecular flexibility index (Phi) is 5.11. The number of ether oxygens (including phenoxy) is 1. The van der Waals surface area contributed by atoms with E-state index in [9.17, 15) is 9.59 Å². The molecule has 2 aromatic heterocycles. The van der Waals surface area contributed by atoms with Gasteiger partial charge in [0.25, 0.3) is 11.5 Å². The van der Waals surface area contributed by atoms with Gasteiger partial charge in [0.2, 0.25) is 0 Å². The summed E-state index contributed by atoms with van der Waals surface area (Å²) in [6.07, 6.45) is 5.56. The molecule has 3 aromatic rings. The smallest absolute Gasteiger partial charge is 0.285 e. The Balaban J connectivity index is 1.74. The lowest BCUT2D eigenvalue weighted by Crippen LogP contribution is -2.34. The van der Waals surface area contributed by atoms with Crippen LogP contribution in [0.15, 0.2) is 57.4 Å². The quantitative estimate of drug-likeness (QED) is 0.595. The number of fused-ring (bicyclic) bond motifs is 2. The van der Waals surface area contributed by atoms with Crippen LogP contribution in [0.4, 0.5) is 11.4 Å². The van der Waals surface area contributed by atoms with Gasteiger partial charge in [-0.15, -0.1) is 0 Å². The number of pyridine rings is 1. The van der Waals surface area contributed by atoms with Crippen LogP contribution in [0.3, 0.4) is 0 Å². The molecule has 0 bridgehead atoms. The zero-order valence-electron chi connectivity index (χ0n) is 17.4. The molecule has 31 heavy (non-hydrogen) atoms. The second-order valence-electron chi connectivity index (χ2n) is 7.87. The molecule has 0 radical (unpaired) electrons. The van der Waals surface area contributed by atoms with Gasteiger partial charge in [0.1, 0.15) is 9.92 Å². The first-order valence-electron chi connectivity index (χ1n) is 10.3. The number of aryl methyl sites for hydroxylation is 2. The molecule has 7 nitrogen and oxygen atoms in total. The molecule has 4 heterocycles. The Bertz CT molecular complexity index is 1210. The van der Waals surface area contributed by atoms with Crippen LogP contribution in [-0.4, -0.2) is 27.3 Å². The monoisotopic (exact) mass is 434 g/mol. The summed E-state index contributed by atoms with van der Waals surface area (Å²) in [5, 5.41) is 4.94. The second kappa shape index (κ2) is 7.94. The summed E-state index contributed by atoms with van der Waals surface area (Å²) in [5.74, 6) is -0.229. The van der Waals surface area contributed by atoms with Gasteiger partial charge in [0.15, 0.2) is 6.23 Å². The van der Waals surface area contributed by atoms with E-state index in [1.54, 1.807) is 29.4 Å². The first-order valence-corrected chi connectivity index (χ1v) is 11.1. The number of rotatable bonds is 2. The molecule has 158 valence electrons. The molecule has 0 N–H and O–H groups in total. The summed E-state index contributed by atoms with van der Waals surface area (Å²) >= 11 is 1.22. The highest BCUT2D eigenvalue weighted by atomic mass is 32.2. The van der Waals surface area contributed by atoms with Crippen LogP contribution in [0.2, 0.25) is 0 Å². The van der Waals surface area contributed by atoms with Gasteiger partial charge in [0, 0.05) is 18.5 Å². The number of hydrogen-bond acceptors (Lipinski definition) is 6. The molecular weight excluding hydrogens is 412 g/mol. The maximum absolute atomic E-state index is 13.6. The van der Waals surface area contributed by atoms with E-state index in [4.69, 9.17) is 4.74 Å². The molecule has 1 fully saturated rings. The van der Waals surface area contributed by atoms with Crippen molar-refractivity contribution in [1.82, 2.24) is 14.8 Å². The van der Waals surface area contributed by atoms with Gasteiger partial charge in [-0.05, 0) is 68.5 Å². The zero-order chi connectivity index (χ0) is 21.5. The summed E-state index contributed by atoms with van der Waals surface area (Å²) in [7, 11) is 0. The lowest BCUT2D eigenvalue weighted by Gasteiger charge is -2.26. The van der Waals surface area contributed by atoms with E-state index in [-0.39, 0.29) is 17.7 Å². The van der Waals surface area contributed by atoms with Crippen LogP contribution in [-0.2, 0) is 4.74 Å². The van der Waals surface area contributed by atoms with E-state index in [0.29, 0.717) is 33.5 Å². The van der Waals surface area contributed by atoms with Crippen molar-refractivity contribution in [1.29, 1.82) is 0 Å². The van der Waals surface area contributed by atoms with Gasteiger partial charge in [-0.1, -0.05) is 17.8 Å². The van der Waals surface area contributed by atoms with Crippen molar-refractivity contribution < 1.29 is 9.53 Å².